The first kappa shape index (κ1) is 13.2. The van der Waals surface area contributed by atoms with Gasteiger partial charge in [0.2, 0.25) is 5.91 Å². The van der Waals surface area contributed by atoms with Crippen LogP contribution in [0, 0.1) is 5.82 Å². The average Bonchev–Trinajstić information content (AvgIpc) is 2.32. The number of halogens is 1. The molecule has 4 heteroatoms. The molecule has 1 amide bonds. The van der Waals surface area contributed by atoms with Gasteiger partial charge in [-0.05, 0) is 30.7 Å². The number of carbonyl (C=O) groups excluding carboxylic acids is 1. The second kappa shape index (κ2) is 7.44. The van der Waals surface area contributed by atoms with E-state index in [-0.39, 0.29) is 24.8 Å². The van der Waals surface area contributed by atoms with Crippen LogP contribution in [0.25, 0.3) is 0 Å². The molecule has 0 unspecified atom stereocenters. The monoisotopic (exact) mass is 237 g/mol. The lowest BCUT2D eigenvalue weighted by Crippen LogP contribution is -2.25. The maximum atomic E-state index is 12.6. The third-order valence-electron chi connectivity index (χ3n) is 2.08. The van der Waals surface area contributed by atoms with E-state index < -0.39 is 0 Å². The topological polar surface area (TPSA) is 38.3 Å². The van der Waals surface area contributed by atoms with Crippen LogP contribution in [-0.2, 0) is 4.79 Å². The highest BCUT2D eigenvalue weighted by atomic mass is 19.1. The summed E-state index contributed by atoms with van der Waals surface area (Å²) in [5.74, 6) is 0.193. The van der Waals surface area contributed by atoms with E-state index in [1.54, 1.807) is 6.08 Å². The van der Waals surface area contributed by atoms with E-state index in [1.807, 2.05) is 0 Å². The molecule has 1 rings (SSSR count). The first-order chi connectivity index (χ1) is 8.22. The van der Waals surface area contributed by atoms with E-state index in [9.17, 15) is 9.18 Å². The van der Waals surface area contributed by atoms with Crippen molar-refractivity contribution in [3.8, 4) is 5.75 Å². The van der Waals surface area contributed by atoms with Crippen LogP contribution in [0.1, 0.15) is 12.8 Å². The summed E-state index contributed by atoms with van der Waals surface area (Å²) in [7, 11) is 0. The number of rotatable bonds is 7. The van der Waals surface area contributed by atoms with Gasteiger partial charge in [0.1, 0.15) is 11.6 Å². The lowest BCUT2D eigenvalue weighted by Gasteiger charge is -2.06. The fourth-order valence-electron chi connectivity index (χ4n) is 1.19. The van der Waals surface area contributed by atoms with Crippen molar-refractivity contribution in [1.29, 1.82) is 0 Å². The minimum absolute atomic E-state index is 0.0611. The highest BCUT2D eigenvalue weighted by molar-refractivity contribution is 5.75. The predicted octanol–water partition coefficient (Wildman–Crippen LogP) is 2.29. The van der Waals surface area contributed by atoms with Crippen molar-refractivity contribution in [2.75, 3.05) is 13.2 Å². The molecule has 1 aromatic carbocycles. The van der Waals surface area contributed by atoms with Gasteiger partial charge in [0.05, 0.1) is 13.0 Å². The zero-order valence-corrected chi connectivity index (χ0v) is 9.62. The van der Waals surface area contributed by atoms with E-state index in [4.69, 9.17) is 4.74 Å². The largest absolute Gasteiger partial charge is 0.493 e. The summed E-state index contributed by atoms with van der Waals surface area (Å²) in [6.07, 6.45) is 2.79. The second-order valence-electron chi connectivity index (χ2n) is 3.48. The Bertz CT molecular complexity index is 362. The van der Waals surface area contributed by atoms with Gasteiger partial charge in [-0.25, -0.2) is 4.39 Å². The summed E-state index contributed by atoms with van der Waals surface area (Å²) in [6, 6.07) is 5.70. The molecule has 92 valence electrons. The third-order valence-corrected chi connectivity index (χ3v) is 2.08. The number of amides is 1. The summed E-state index contributed by atoms with van der Waals surface area (Å²) in [6.45, 7) is 4.44. The summed E-state index contributed by atoms with van der Waals surface area (Å²) >= 11 is 0. The van der Waals surface area contributed by atoms with Gasteiger partial charge in [0, 0.05) is 6.54 Å². The summed E-state index contributed by atoms with van der Waals surface area (Å²) in [4.78, 5) is 11.3. The smallest absolute Gasteiger partial charge is 0.223 e. The zero-order valence-electron chi connectivity index (χ0n) is 9.62. The highest BCUT2D eigenvalue weighted by Crippen LogP contribution is 2.10. The minimum atomic E-state index is -0.306. The fraction of sp³-hybridized carbons (Fsp3) is 0.308. The maximum absolute atomic E-state index is 12.6. The average molecular weight is 237 g/mol. The molecule has 3 nitrogen and oxygen atoms in total. The molecule has 0 spiro atoms. The highest BCUT2D eigenvalue weighted by Gasteiger charge is 2.00. The molecule has 1 N–H and O–H groups in total. The fourth-order valence-corrected chi connectivity index (χ4v) is 1.19. The van der Waals surface area contributed by atoms with Crippen molar-refractivity contribution in [3.05, 3.63) is 42.7 Å². The van der Waals surface area contributed by atoms with Gasteiger partial charge in [-0.1, -0.05) is 6.08 Å². The van der Waals surface area contributed by atoms with Crippen LogP contribution >= 0.6 is 0 Å². The number of ether oxygens (including phenoxy) is 1. The van der Waals surface area contributed by atoms with Crippen molar-refractivity contribution in [3.63, 3.8) is 0 Å². The molecule has 0 radical (unpaired) electrons. The normalized spacial score (nSPS) is 9.71. The van der Waals surface area contributed by atoms with Gasteiger partial charge in [-0.3, -0.25) is 4.79 Å². The molecule has 1 aromatic rings. The van der Waals surface area contributed by atoms with Crippen molar-refractivity contribution in [2.24, 2.45) is 0 Å². The molecule has 0 bridgehead atoms. The van der Waals surface area contributed by atoms with Gasteiger partial charge in [0.25, 0.3) is 0 Å². The lowest BCUT2D eigenvalue weighted by atomic mass is 10.3. The van der Waals surface area contributed by atoms with Crippen molar-refractivity contribution < 1.29 is 13.9 Å². The third kappa shape index (κ3) is 5.70. The number of nitrogens with one attached hydrogen (secondary N) is 1. The SMILES string of the molecule is C=CCCNC(=O)CCOc1ccc(F)cc1. The standard InChI is InChI=1S/C13H16FNO2/c1-2-3-9-15-13(16)8-10-17-12-6-4-11(14)5-7-12/h2,4-7H,1,3,8-10H2,(H,15,16). The number of hydrogen-bond donors (Lipinski definition) is 1. The molecule has 0 fully saturated rings. The van der Waals surface area contributed by atoms with Crippen LogP contribution < -0.4 is 10.1 Å². The Morgan fingerprint density at radius 2 is 2.12 bits per heavy atom. The Morgan fingerprint density at radius 3 is 2.76 bits per heavy atom. The van der Waals surface area contributed by atoms with E-state index in [0.717, 1.165) is 6.42 Å². The Hall–Kier alpha value is -1.84. The van der Waals surface area contributed by atoms with Crippen LogP contribution in [-0.4, -0.2) is 19.1 Å². The van der Waals surface area contributed by atoms with Gasteiger partial charge < -0.3 is 10.1 Å². The van der Waals surface area contributed by atoms with Gasteiger partial charge >= 0.3 is 0 Å². The van der Waals surface area contributed by atoms with Gasteiger partial charge in [-0.15, -0.1) is 6.58 Å². The number of carbonyl (C=O) groups is 1. The van der Waals surface area contributed by atoms with E-state index in [0.29, 0.717) is 12.3 Å². The molecule has 0 aromatic heterocycles. The maximum Gasteiger partial charge on any atom is 0.223 e. The van der Waals surface area contributed by atoms with Crippen molar-refractivity contribution in [2.45, 2.75) is 12.8 Å². The van der Waals surface area contributed by atoms with Gasteiger partial charge in [0.15, 0.2) is 0 Å². The van der Waals surface area contributed by atoms with Gasteiger partial charge in [-0.2, -0.15) is 0 Å². The molecule has 0 aliphatic rings. The number of hydrogen-bond acceptors (Lipinski definition) is 2. The van der Waals surface area contributed by atoms with Crippen LogP contribution in [0.4, 0.5) is 4.39 Å². The molecule has 17 heavy (non-hydrogen) atoms. The van der Waals surface area contributed by atoms with Crippen molar-refractivity contribution in [1.82, 2.24) is 5.32 Å². The van der Waals surface area contributed by atoms with E-state index >= 15 is 0 Å². The van der Waals surface area contributed by atoms with E-state index in [1.165, 1.54) is 24.3 Å². The predicted molar refractivity (Wildman–Crippen MR) is 64.3 cm³/mol. The molecule has 0 atom stereocenters. The zero-order chi connectivity index (χ0) is 12.5. The Morgan fingerprint density at radius 1 is 1.41 bits per heavy atom. The van der Waals surface area contributed by atoms with Crippen LogP contribution in [0.2, 0.25) is 0 Å². The molecule has 0 aliphatic heterocycles. The summed E-state index contributed by atoms with van der Waals surface area (Å²) in [5.41, 5.74) is 0. The molecular formula is C13H16FNO2. The molecule has 0 saturated carbocycles. The Kier molecular flexibility index (Phi) is 5.79. The molecule has 0 saturated heterocycles. The Labute approximate surface area is 100 Å². The lowest BCUT2D eigenvalue weighted by molar-refractivity contribution is -0.121. The van der Waals surface area contributed by atoms with Crippen molar-refractivity contribution >= 4 is 5.91 Å². The minimum Gasteiger partial charge on any atom is -0.493 e. The second-order valence-corrected chi connectivity index (χ2v) is 3.48. The molecule has 0 heterocycles. The first-order valence-corrected chi connectivity index (χ1v) is 5.48. The first-order valence-electron chi connectivity index (χ1n) is 5.48. The molecular weight excluding hydrogens is 221 g/mol. The molecule has 0 aliphatic carbocycles. The van der Waals surface area contributed by atoms with Crippen LogP contribution in [0.3, 0.4) is 0 Å². The Balaban J connectivity index is 2.16. The van der Waals surface area contributed by atoms with E-state index in [2.05, 4.69) is 11.9 Å². The number of benzene rings is 1. The summed E-state index contributed by atoms with van der Waals surface area (Å²) < 4.78 is 17.9. The van der Waals surface area contributed by atoms with Crippen LogP contribution in [0.5, 0.6) is 5.75 Å². The summed E-state index contributed by atoms with van der Waals surface area (Å²) in [5, 5.41) is 2.73. The quantitative estimate of drug-likeness (QED) is 0.583. The van der Waals surface area contributed by atoms with Crippen LogP contribution in [0.15, 0.2) is 36.9 Å².